The highest BCUT2D eigenvalue weighted by Gasteiger charge is 2.25. The number of aliphatic hydroxyl groups is 1. The fourth-order valence-corrected chi connectivity index (χ4v) is 4.42. The molecule has 0 spiro atoms. The first-order chi connectivity index (χ1) is 15.2. The molecule has 2 heterocycles. The summed E-state index contributed by atoms with van der Waals surface area (Å²) in [6, 6.07) is 14.7. The topological polar surface area (TPSA) is 46.9 Å². The third-order valence-electron chi connectivity index (χ3n) is 6.02. The second kappa shape index (κ2) is 9.91. The number of terminal acetylenes is 1. The van der Waals surface area contributed by atoms with Gasteiger partial charge in [0.1, 0.15) is 11.5 Å². The zero-order valence-electron chi connectivity index (χ0n) is 18.1. The fourth-order valence-electron chi connectivity index (χ4n) is 4.42. The minimum Gasteiger partial charge on any atom is -0.497 e. The molecule has 0 radical (unpaired) electrons. The lowest BCUT2D eigenvalue weighted by atomic mass is 10.1. The van der Waals surface area contributed by atoms with E-state index < -0.39 is 0 Å². The third-order valence-corrected chi connectivity index (χ3v) is 6.02. The highest BCUT2D eigenvalue weighted by Crippen LogP contribution is 2.30. The molecular formula is C26H30N2O3. The summed E-state index contributed by atoms with van der Waals surface area (Å²) in [4.78, 5) is 2.39. The number of fused-ring (bicyclic) bond motifs is 1. The van der Waals surface area contributed by atoms with Gasteiger partial charge in [0.05, 0.1) is 20.3 Å². The summed E-state index contributed by atoms with van der Waals surface area (Å²) in [6.07, 6.45) is 10.4. The molecule has 2 aromatic carbocycles. The van der Waals surface area contributed by atoms with E-state index in [-0.39, 0.29) is 12.6 Å². The molecule has 0 amide bonds. The third kappa shape index (κ3) is 4.87. The van der Waals surface area contributed by atoms with Crippen molar-refractivity contribution in [2.75, 3.05) is 26.9 Å². The van der Waals surface area contributed by atoms with Crippen molar-refractivity contribution < 1.29 is 14.6 Å². The Balaban J connectivity index is 1.67. The van der Waals surface area contributed by atoms with Gasteiger partial charge in [-0.15, -0.1) is 12.3 Å². The summed E-state index contributed by atoms with van der Waals surface area (Å²) >= 11 is 0. The number of rotatable bonds is 9. The molecule has 31 heavy (non-hydrogen) atoms. The average Bonchev–Trinajstić information content (AvgIpc) is 3.38. The van der Waals surface area contributed by atoms with Crippen LogP contribution in [0.1, 0.15) is 30.4 Å². The van der Waals surface area contributed by atoms with Crippen LogP contribution in [0.25, 0.3) is 10.9 Å². The maximum Gasteiger partial charge on any atom is 0.120 e. The van der Waals surface area contributed by atoms with Crippen molar-refractivity contribution in [1.82, 2.24) is 9.47 Å². The Labute approximate surface area is 184 Å². The van der Waals surface area contributed by atoms with Gasteiger partial charge in [0.15, 0.2) is 0 Å². The Morgan fingerprint density at radius 1 is 1.16 bits per heavy atom. The standard InChI is InChI=1S/C26H30N2O3/c1-3-4-13-31-24-10-11-26-25(15-24)21(17-27-12-6-8-22(27)19-29)18-28(26)16-20-7-5-9-23(14-20)30-2/h1,5,7,9-11,14-15,18,22,29H,4,6,8,12-13,16-17,19H2,2H3/t22-/m0/s1. The number of aromatic nitrogens is 1. The Bertz CT molecular complexity index is 1070. The maximum atomic E-state index is 9.75. The molecule has 1 fully saturated rings. The first kappa shape index (κ1) is 21.3. The van der Waals surface area contributed by atoms with E-state index in [0.29, 0.717) is 13.0 Å². The zero-order valence-corrected chi connectivity index (χ0v) is 18.1. The molecule has 1 atom stereocenters. The Kier molecular flexibility index (Phi) is 6.81. The van der Waals surface area contributed by atoms with Gasteiger partial charge >= 0.3 is 0 Å². The molecule has 1 aliphatic rings. The van der Waals surface area contributed by atoms with Crippen LogP contribution in [0.15, 0.2) is 48.7 Å². The number of likely N-dealkylation sites (tertiary alicyclic amines) is 1. The summed E-state index contributed by atoms with van der Waals surface area (Å²) in [6.45, 7) is 3.32. The van der Waals surface area contributed by atoms with Crippen molar-refractivity contribution in [2.24, 2.45) is 0 Å². The van der Waals surface area contributed by atoms with E-state index in [1.807, 2.05) is 18.2 Å². The molecule has 5 heteroatoms. The molecule has 1 N–H and O–H groups in total. The molecular weight excluding hydrogens is 388 g/mol. The summed E-state index contributed by atoms with van der Waals surface area (Å²) in [7, 11) is 1.69. The lowest BCUT2D eigenvalue weighted by Gasteiger charge is -2.22. The van der Waals surface area contributed by atoms with Gasteiger partial charge < -0.3 is 19.1 Å². The second-order valence-corrected chi connectivity index (χ2v) is 8.06. The van der Waals surface area contributed by atoms with Crippen molar-refractivity contribution in [2.45, 2.75) is 38.4 Å². The lowest BCUT2D eigenvalue weighted by molar-refractivity contribution is 0.154. The molecule has 0 aliphatic carbocycles. The number of benzene rings is 2. The smallest absolute Gasteiger partial charge is 0.120 e. The van der Waals surface area contributed by atoms with Crippen LogP contribution >= 0.6 is 0 Å². The minimum atomic E-state index is 0.211. The molecule has 162 valence electrons. The first-order valence-corrected chi connectivity index (χ1v) is 10.9. The number of methoxy groups -OCH3 is 1. The van der Waals surface area contributed by atoms with E-state index in [1.54, 1.807) is 7.11 Å². The van der Waals surface area contributed by atoms with Gasteiger partial charge in [0.2, 0.25) is 0 Å². The van der Waals surface area contributed by atoms with Crippen LogP contribution in [0.2, 0.25) is 0 Å². The number of aliphatic hydroxyl groups excluding tert-OH is 1. The van der Waals surface area contributed by atoms with Crippen molar-refractivity contribution in [3.8, 4) is 23.8 Å². The Hall–Kier alpha value is -2.94. The fraction of sp³-hybridized carbons (Fsp3) is 0.385. The van der Waals surface area contributed by atoms with Crippen LogP contribution in [0.4, 0.5) is 0 Å². The van der Waals surface area contributed by atoms with Gasteiger partial charge in [-0.1, -0.05) is 12.1 Å². The molecule has 0 saturated carbocycles. The number of hydrogen-bond acceptors (Lipinski definition) is 4. The van der Waals surface area contributed by atoms with Crippen LogP contribution in [0, 0.1) is 12.3 Å². The first-order valence-electron chi connectivity index (χ1n) is 10.9. The minimum absolute atomic E-state index is 0.211. The predicted octanol–water partition coefficient (Wildman–Crippen LogP) is 4.06. The van der Waals surface area contributed by atoms with Gasteiger partial charge in [-0.2, -0.15) is 0 Å². The molecule has 0 bridgehead atoms. The van der Waals surface area contributed by atoms with Gasteiger partial charge in [0, 0.05) is 42.7 Å². The summed E-state index contributed by atoms with van der Waals surface area (Å²) < 4.78 is 13.5. The molecule has 4 rings (SSSR count). The second-order valence-electron chi connectivity index (χ2n) is 8.06. The highest BCUT2D eigenvalue weighted by atomic mass is 16.5. The van der Waals surface area contributed by atoms with E-state index >= 15 is 0 Å². The average molecular weight is 419 g/mol. The Morgan fingerprint density at radius 3 is 2.87 bits per heavy atom. The van der Waals surface area contributed by atoms with E-state index in [4.69, 9.17) is 15.9 Å². The normalized spacial score (nSPS) is 16.5. The SMILES string of the molecule is C#CCCOc1ccc2c(c1)c(CN1CCC[C@H]1CO)cn2Cc1cccc(OC)c1. The van der Waals surface area contributed by atoms with Crippen LogP contribution in [0.5, 0.6) is 11.5 Å². The van der Waals surface area contributed by atoms with E-state index in [2.05, 4.69) is 45.8 Å². The van der Waals surface area contributed by atoms with E-state index in [0.717, 1.165) is 44.0 Å². The monoisotopic (exact) mass is 418 g/mol. The molecule has 1 aromatic heterocycles. The molecule has 3 aromatic rings. The summed E-state index contributed by atoms with van der Waals surface area (Å²) in [5.74, 6) is 4.32. The van der Waals surface area contributed by atoms with Gasteiger partial charge in [-0.3, -0.25) is 4.90 Å². The number of ether oxygens (including phenoxy) is 2. The van der Waals surface area contributed by atoms with Crippen LogP contribution in [-0.2, 0) is 13.1 Å². The van der Waals surface area contributed by atoms with E-state index in [1.165, 1.54) is 22.0 Å². The van der Waals surface area contributed by atoms with E-state index in [9.17, 15) is 5.11 Å². The quantitative estimate of drug-likeness (QED) is 0.421. The highest BCUT2D eigenvalue weighted by molar-refractivity contribution is 5.85. The summed E-state index contributed by atoms with van der Waals surface area (Å²) in [5.41, 5.74) is 3.61. The number of nitrogens with zero attached hydrogens (tertiary/aromatic N) is 2. The van der Waals surface area contributed by atoms with Gasteiger partial charge in [-0.25, -0.2) is 0 Å². The largest absolute Gasteiger partial charge is 0.497 e. The lowest BCUT2D eigenvalue weighted by Crippen LogP contribution is -2.31. The predicted molar refractivity (Wildman–Crippen MR) is 123 cm³/mol. The Morgan fingerprint density at radius 2 is 2.06 bits per heavy atom. The molecule has 5 nitrogen and oxygen atoms in total. The molecule has 1 saturated heterocycles. The van der Waals surface area contributed by atoms with Crippen molar-refractivity contribution >= 4 is 10.9 Å². The van der Waals surface area contributed by atoms with Crippen LogP contribution < -0.4 is 9.47 Å². The molecule has 1 aliphatic heterocycles. The van der Waals surface area contributed by atoms with Crippen molar-refractivity contribution in [3.05, 3.63) is 59.8 Å². The van der Waals surface area contributed by atoms with Gasteiger partial charge in [0.25, 0.3) is 0 Å². The van der Waals surface area contributed by atoms with Crippen molar-refractivity contribution in [3.63, 3.8) is 0 Å². The van der Waals surface area contributed by atoms with Gasteiger partial charge in [-0.05, 0) is 60.8 Å². The maximum absolute atomic E-state index is 9.75. The van der Waals surface area contributed by atoms with Crippen molar-refractivity contribution in [1.29, 1.82) is 0 Å². The number of hydrogen-bond donors (Lipinski definition) is 1. The zero-order chi connectivity index (χ0) is 21.6. The van der Waals surface area contributed by atoms with Crippen LogP contribution in [0.3, 0.4) is 0 Å². The van der Waals surface area contributed by atoms with Crippen LogP contribution in [-0.4, -0.2) is 47.5 Å². The summed E-state index contributed by atoms with van der Waals surface area (Å²) in [5, 5.41) is 10.9. The molecule has 0 unspecified atom stereocenters.